The molecule has 1 aromatic carbocycles. The summed E-state index contributed by atoms with van der Waals surface area (Å²) < 4.78 is 5.84. The molecule has 138 valence electrons. The van der Waals surface area contributed by atoms with Gasteiger partial charge in [-0.1, -0.05) is 11.6 Å². The Morgan fingerprint density at radius 2 is 2.19 bits per heavy atom. The van der Waals surface area contributed by atoms with Gasteiger partial charge in [-0.25, -0.2) is 0 Å². The molecule has 3 aliphatic rings. The van der Waals surface area contributed by atoms with Gasteiger partial charge in [0.2, 0.25) is 5.91 Å². The number of anilines is 1. The summed E-state index contributed by atoms with van der Waals surface area (Å²) in [4.78, 5) is 21.4. The monoisotopic (exact) mass is 375 g/mol. The first-order chi connectivity index (χ1) is 12.6. The lowest BCUT2D eigenvalue weighted by Gasteiger charge is -2.33. The molecule has 1 aliphatic carbocycles. The Morgan fingerprint density at radius 1 is 1.38 bits per heavy atom. The molecule has 26 heavy (non-hydrogen) atoms. The number of aromatic nitrogens is 1. The van der Waals surface area contributed by atoms with E-state index < -0.39 is 0 Å². The maximum Gasteiger partial charge on any atom is 0.298 e. The highest BCUT2D eigenvalue weighted by Gasteiger charge is 2.60. The molecule has 2 saturated heterocycles. The summed E-state index contributed by atoms with van der Waals surface area (Å²) in [6, 6.07) is 6.05. The van der Waals surface area contributed by atoms with Crippen molar-refractivity contribution < 1.29 is 14.3 Å². The minimum absolute atomic E-state index is 0.0236. The lowest BCUT2D eigenvalue weighted by molar-refractivity contribution is -0.136. The number of nitrogens with zero attached hydrogens (tertiary/aromatic N) is 3. The summed E-state index contributed by atoms with van der Waals surface area (Å²) in [5.74, 6) is 0.843. The number of carbonyl (C=O) groups is 1. The predicted octanol–water partition coefficient (Wildman–Crippen LogP) is 2.54. The Hall–Kier alpha value is -1.79. The third-order valence-electron chi connectivity index (χ3n) is 6.39. The van der Waals surface area contributed by atoms with Gasteiger partial charge < -0.3 is 19.3 Å². The molecule has 0 radical (unpaired) electrons. The summed E-state index contributed by atoms with van der Waals surface area (Å²) in [6.07, 6.45) is 2.70. The molecule has 1 aromatic heterocycles. The van der Waals surface area contributed by atoms with Gasteiger partial charge >= 0.3 is 0 Å². The minimum Gasteiger partial charge on any atom is -0.423 e. The highest BCUT2D eigenvalue weighted by Crippen LogP contribution is 2.57. The molecule has 5 rings (SSSR count). The fourth-order valence-corrected chi connectivity index (χ4v) is 4.77. The van der Waals surface area contributed by atoms with Crippen molar-refractivity contribution in [1.82, 2.24) is 9.88 Å². The smallest absolute Gasteiger partial charge is 0.298 e. The third kappa shape index (κ3) is 2.58. The molecular formula is C19H22ClN3O3. The van der Waals surface area contributed by atoms with Crippen LogP contribution in [0.3, 0.4) is 0 Å². The normalized spacial score (nSPS) is 28.6. The fraction of sp³-hybridized carbons (Fsp3) is 0.579. The van der Waals surface area contributed by atoms with Gasteiger partial charge in [-0.05, 0) is 37.3 Å². The average Bonchev–Trinajstić information content (AvgIpc) is 3.02. The number of likely N-dealkylation sites (tertiary alicyclic amines) is 1. The summed E-state index contributed by atoms with van der Waals surface area (Å²) in [5.41, 5.74) is 1.51. The van der Waals surface area contributed by atoms with Crippen molar-refractivity contribution in [3.05, 3.63) is 23.2 Å². The Labute approximate surface area is 156 Å². The van der Waals surface area contributed by atoms with Crippen molar-refractivity contribution in [2.24, 2.45) is 17.3 Å². The Kier molecular flexibility index (Phi) is 3.69. The first kappa shape index (κ1) is 16.4. The maximum atomic E-state index is 12.8. The summed E-state index contributed by atoms with van der Waals surface area (Å²) in [6.45, 7) is 3.30. The predicted molar refractivity (Wildman–Crippen MR) is 98.2 cm³/mol. The second-order valence-electron chi connectivity index (χ2n) is 8.01. The molecule has 6 nitrogen and oxygen atoms in total. The molecule has 3 heterocycles. The number of hydrogen-bond donors (Lipinski definition) is 1. The zero-order chi connectivity index (χ0) is 17.9. The summed E-state index contributed by atoms with van der Waals surface area (Å²) in [5, 5.41) is 10.2. The molecule has 3 fully saturated rings. The lowest BCUT2D eigenvalue weighted by atomic mass is 9.95. The van der Waals surface area contributed by atoms with Gasteiger partial charge in [0.05, 0.1) is 6.61 Å². The van der Waals surface area contributed by atoms with E-state index in [2.05, 4.69) is 9.88 Å². The van der Waals surface area contributed by atoms with Crippen molar-refractivity contribution in [3.63, 3.8) is 0 Å². The van der Waals surface area contributed by atoms with Crippen LogP contribution < -0.4 is 4.90 Å². The summed E-state index contributed by atoms with van der Waals surface area (Å²) in [7, 11) is 0. The van der Waals surface area contributed by atoms with Crippen LogP contribution in [0.15, 0.2) is 22.6 Å². The largest absolute Gasteiger partial charge is 0.423 e. The molecule has 1 amide bonds. The van der Waals surface area contributed by atoms with Crippen LogP contribution >= 0.6 is 11.6 Å². The zero-order valence-corrected chi connectivity index (χ0v) is 15.3. The highest BCUT2D eigenvalue weighted by atomic mass is 35.5. The molecule has 2 aliphatic heterocycles. The van der Waals surface area contributed by atoms with Crippen LogP contribution in [0.5, 0.6) is 0 Å². The first-order valence-electron chi connectivity index (χ1n) is 9.29. The van der Waals surface area contributed by atoms with Gasteiger partial charge in [-0.15, -0.1) is 0 Å². The Bertz CT molecular complexity index is 857. The quantitative estimate of drug-likeness (QED) is 0.892. The van der Waals surface area contributed by atoms with Crippen molar-refractivity contribution in [3.8, 4) is 0 Å². The third-order valence-corrected chi connectivity index (χ3v) is 6.62. The van der Waals surface area contributed by atoms with Crippen molar-refractivity contribution >= 4 is 34.6 Å². The van der Waals surface area contributed by atoms with E-state index in [1.165, 1.54) is 0 Å². The van der Waals surface area contributed by atoms with E-state index in [9.17, 15) is 9.90 Å². The van der Waals surface area contributed by atoms with Crippen LogP contribution in [-0.2, 0) is 4.79 Å². The van der Waals surface area contributed by atoms with E-state index in [0.717, 1.165) is 51.0 Å². The van der Waals surface area contributed by atoms with Crippen LogP contribution in [0.25, 0.3) is 11.1 Å². The molecule has 0 spiro atoms. The Morgan fingerprint density at radius 3 is 2.92 bits per heavy atom. The number of aliphatic hydroxyl groups excluding tert-OH is 1. The van der Waals surface area contributed by atoms with E-state index in [1.807, 2.05) is 11.0 Å². The van der Waals surface area contributed by atoms with Crippen LogP contribution in [0.4, 0.5) is 6.01 Å². The van der Waals surface area contributed by atoms with Gasteiger partial charge in [0.25, 0.3) is 6.01 Å². The van der Waals surface area contributed by atoms with E-state index in [0.29, 0.717) is 22.5 Å². The van der Waals surface area contributed by atoms with Crippen molar-refractivity contribution in [2.75, 3.05) is 37.7 Å². The number of aliphatic hydroxyl groups is 1. The molecule has 0 unspecified atom stereocenters. The highest BCUT2D eigenvalue weighted by molar-refractivity contribution is 6.31. The van der Waals surface area contributed by atoms with Gasteiger partial charge in [0, 0.05) is 48.6 Å². The standard InChI is InChI=1S/C19H22ClN3O3/c20-14-1-2-15-16(7-14)26-18(21-15)22-5-3-12(4-6-22)17(25)23-9-13-8-19(13,10-23)11-24/h1-2,7,12-13,24H,3-6,8-11H2/t13-,19+/m1/s1. The lowest BCUT2D eigenvalue weighted by Crippen LogP contribution is -2.43. The zero-order valence-electron chi connectivity index (χ0n) is 14.5. The number of oxazole rings is 1. The van der Waals surface area contributed by atoms with Gasteiger partial charge in [0.15, 0.2) is 5.58 Å². The van der Waals surface area contributed by atoms with Crippen LogP contribution in [0, 0.1) is 17.3 Å². The molecule has 2 atom stereocenters. The molecule has 0 bridgehead atoms. The average molecular weight is 376 g/mol. The number of amides is 1. The number of rotatable bonds is 3. The Balaban J connectivity index is 1.22. The van der Waals surface area contributed by atoms with E-state index >= 15 is 0 Å². The first-order valence-corrected chi connectivity index (χ1v) is 9.66. The number of benzene rings is 1. The fourth-order valence-electron chi connectivity index (χ4n) is 4.60. The molecule has 2 aromatic rings. The van der Waals surface area contributed by atoms with Crippen molar-refractivity contribution in [2.45, 2.75) is 19.3 Å². The number of hydrogen-bond acceptors (Lipinski definition) is 5. The number of carbonyl (C=O) groups excluding carboxylic acids is 1. The van der Waals surface area contributed by atoms with Crippen molar-refractivity contribution in [1.29, 1.82) is 0 Å². The van der Waals surface area contributed by atoms with Crippen LogP contribution in [0.1, 0.15) is 19.3 Å². The van der Waals surface area contributed by atoms with E-state index in [4.69, 9.17) is 16.0 Å². The van der Waals surface area contributed by atoms with Crippen LogP contribution in [-0.4, -0.2) is 53.7 Å². The number of piperidine rings is 2. The van der Waals surface area contributed by atoms with Crippen LogP contribution in [0.2, 0.25) is 5.02 Å². The van der Waals surface area contributed by atoms with Gasteiger partial charge in [0.1, 0.15) is 5.52 Å². The SMILES string of the molecule is O=C(C1CCN(c2nc3ccc(Cl)cc3o2)CC1)N1C[C@H]2C[C@@]2(CO)C1. The van der Waals surface area contributed by atoms with Gasteiger partial charge in [-0.3, -0.25) is 4.79 Å². The second kappa shape index (κ2) is 5.86. The van der Waals surface area contributed by atoms with Gasteiger partial charge in [-0.2, -0.15) is 4.98 Å². The molecule has 1 saturated carbocycles. The molecule has 7 heteroatoms. The number of fused-ring (bicyclic) bond motifs is 2. The summed E-state index contributed by atoms with van der Waals surface area (Å²) >= 11 is 6.00. The number of halogens is 1. The maximum absolute atomic E-state index is 12.8. The minimum atomic E-state index is 0.0236. The molecule has 1 N–H and O–H groups in total. The topological polar surface area (TPSA) is 69.8 Å². The van der Waals surface area contributed by atoms with E-state index in [-0.39, 0.29) is 23.8 Å². The van der Waals surface area contributed by atoms with E-state index in [1.54, 1.807) is 12.1 Å². The molecular weight excluding hydrogens is 354 g/mol. The second-order valence-corrected chi connectivity index (χ2v) is 8.45.